The number of allylic oxidation sites excluding steroid dienone is 3. The van der Waals surface area contributed by atoms with Crippen molar-refractivity contribution in [3.63, 3.8) is 0 Å². The Hall–Kier alpha value is -1.42. The molecule has 2 N–H and O–H groups in total. The number of ketones is 1. The van der Waals surface area contributed by atoms with Crippen LogP contribution in [0.2, 0.25) is 0 Å². The molecule has 0 radical (unpaired) electrons. The number of rotatable bonds is 9. The summed E-state index contributed by atoms with van der Waals surface area (Å²) in [6.07, 6.45) is 7.36. The highest BCUT2D eigenvalue weighted by molar-refractivity contribution is 5.92. The lowest BCUT2D eigenvalue weighted by Crippen LogP contribution is -2.17. The molecule has 0 rings (SSSR count). The normalized spacial score (nSPS) is 18.1. The maximum Gasteiger partial charge on any atom is 0.306 e. The number of carbonyl (C=O) groups excluding carboxylic acids is 1. The summed E-state index contributed by atoms with van der Waals surface area (Å²) in [7, 11) is 0. The summed E-state index contributed by atoms with van der Waals surface area (Å²) in [4.78, 5) is 22.5. The standard InChI is InChI=1S/C16H26O4/c1-5-14(17)11(2)8-6-7-9-15(18)12(3)10-13(4)16(19)20/h6-9,11-14,17H,5,10H2,1-4H3,(H,19,20)/b8-6+,9-7+/t11-,12+,13-,14+/m0/s1. The molecule has 0 aliphatic carbocycles. The molecule has 0 saturated carbocycles. The number of hydrogen-bond donors (Lipinski definition) is 2. The number of carbonyl (C=O) groups is 2. The molecule has 0 amide bonds. The second-order valence-electron chi connectivity index (χ2n) is 5.36. The summed E-state index contributed by atoms with van der Waals surface area (Å²) in [6, 6.07) is 0. The van der Waals surface area contributed by atoms with Gasteiger partial charge in [0.2, 0.25) is 0 Å². The lowest BCUT2D eigenvalue weighted by atomic mass is 9.93. The van der Waals surface area contributed by atoms with Crippen LogP contribution in [0.1, 0.15) is 40.5 Å². The van der Waals surface area contributed by atoms with Crippen molar-refractivity contribution in [1.82, 2.24) is 0 Å². The van der Waals surface area contributed by atoms with Crippen LogP contribution in [0.4, 0.5) is 0 Å². The average Bonchev–Trinajstić information content (AvgIpc) is 2.41. The van der Waals surface area contributed by atoms with E-state index in [0.29, 0.717) is 12.8 Å². The molecule has 0 spiro atoms. The van der Waals surface area contributed by atoms with Crippen LogP contribution in [-0.4, -0.2) is 28.1 Å². The van der Waals surface area contributed by atoms with Crippen LogP contribution in [-0.2, 0) is 9.59 Å². The van der Waals surface area contributed by atoms with Crippen molar-refractivity contribution >= 4 is 11.8 Å². The average molecular weight is 282 g/mol. The Morgan fingerprint density at radius 2 is 1.70 bits per heavy atom. The third-order valence-corrected chi connectivity index (χ3v) is 3.43. The van der Waals surface area contributed by atoms with Crippen molar-refractivity contribution in [2.45, 2.75) is 46.6 Å². The van der Waals surface area contributed by atoms with E-state index in [9.17, 15) is 14.7 Å². The van der Waals surface area contributed by atoms with Gasteiger partial charge < -0.3 is 10.2 Å². The molecule has 0 aromatic rings. The van der Waals surface area contributed by atoms with E-state index in [1.165, 1.54) is 6.08 Å². The highest BCUT2D eigenvalue weighted by atomic mass is 16.4. The third kappa shape index (κ3) is 7.24. The second-order valence-corrected chi connectivity index (χ2v) is 5.36. The first-order valence-electron chi connectivity index (χ1n) is 7.09. The molecule has 0 saturated heterocycles. The molecule has 4 atom stereocenters. The molecule has 20 heavy (non-hydrogen) atoms. The third-order valence-electron chi connectivity index (χ3n) is 3.43. The van der Waals surface area contributed by atoms with E-state index >= 15 is 0 Å². The summed E-state index contributed by atoms with van der Waals surface area (Å²) in [5.41, 5.74) is 0. The second kappa shape index (κ2) is 9.48. The van der Waals surface area contributed by atoms with Crippen molar-refractivity contribution in [1.29, 1.82) is 0 Å². The van der Waals surface area contributed by atoms with Gasteiger partial charge in [-0.1, -0.05) is 45.9 Å². The van der Waals surface area contributed by atoms with E-state index in [-0.39, 0.29) is 23.7 Å². The monoisotopic (exact) mass is 282 g/mol. The van der Waals surface area contributed by atoms with E-state index in [4.69, 9.17) is 5.11 Å². The van der Waals surface area contributed by atoms with Gasteiger partial charge in [0.1, 0.15) is 0 Å². The van der Waals surface area contributed by atoms with Crippen molar-refractivity contribution < 1.29 is 19.8 Å². The molecule has 0 heterocycles. The van der Waals surface area contributed by atoms with Gasteiger partial charge in [-0.05, 0) is 18.9 Å². The minimum atomic E-state index is -0.879. The number of carboxylic acid groups (broad SMARTS) is 1. The summed E-state index contributed by atoms with van der Waals surface area (Å²) in [5.74, 6) is -1.73. The number of aliphatic hydroxyl groups excluding tert-OH is 1. The highest BCUT2D eigenvalue weighted by Crippen LogP contribution is 2.13. The highest BCUT2D eigenvalue weighted by Gasteiger charge is 2.18. The van der Waals surface area contributed by atoms with E-state index in [2.05, 4.69) is 0 Å². The van der Waals surface area contributed by atoms with Crippen LogP contribution in [0.15, 0.2) is 24.3 Å². The molecule has 4 heteroatoms. The Morgan fingerprint density at radius 1 is 1.10 bits per heavy atom. The lowest BCUT2D eigenvalue weighted by Gasteiger charge is -2.12. The fourth-order valence-electron chi connectivity index (χ4n) is 1.80. The molecule has 0 fully saturated rings. The first-order valence-corrected chi connectivity index (χ1v) is 7.09. The van der Waals surface area contributed by atoms with E-state index in [1.54, 1.807) is 26.0 Å². The van der Waals surface area contributed by atoms with Crippen LogP contribution >= 0.6 is 0 Å². The van der Waals surface area contributed by atoms with Crippen LogP contribution in [0.5, 0.6) is 0 Å². The fraction of sp³-hybridized carbons (Fsp3) is 0.625. The zero-order valence-electron chi connectivity index (χ0n) is 12.7. The van der Waals surface area contributed by atoms with Gasteiger partial charge in [-0.15, -0.1) is 0 Å². The summed E-state index contributed by atoms with van der Waals surface area (Å²) < 4.78 is 0. The molecule has 0 bridgehead atoms. The van der Waals surface area contributed by atoms with Crippen molar-refractivity contribution in [2.24, 2.45) is 17.8 Å². The maximum absolute atomic E-state index is 11.8. The van der Waals surface area contributed by atoms with Gasteiger partial charge in [0.15, 0.2) is 5.78 Å². The van der Waals surface area contributed by atoms with E-state index < -0.39 is 11.9 Å². The predicted octanol–water partition coefficient (Wildman–Crippen LogP) is 2.82. The summed E-state index contributed by atoms with van der Waals surface area (Å²) in [5, 5.41) is 18.4. The molecule has 0 aliphatic heterocycles. The van der Waals surface area contributed by atoms with Crippen molar-refractivity contribution in [2.75, 3.05) is 0 Å². The van der Waals surface area contributed by atoms with Gasteiger partial charge in [-0.3, -0.25) is 9.59 Å². The first kappa shape index (κ1) is 18.6. The zero-order chi connectivity index (χ0) is 15.7. The van der Waals surface area contributed by atoms with E-state index in [1.807, 2.05) is 19.9 Å². The molecule has 0 unspecified atom stereocenters. The Bertz CT molecular complexity index is 371. The SMILES string of the molecule is CC[C@@H](O)[C@@H](C)/C=C/C=C/C(=O)[C@H](C)C[C@H](C)C(=O)O. The molecule has 4 nitrogen and oxygen atoms in total. The van der Waals surface area contributed by atoms with Crippen LogP contribution < -0.4 is 0 Å². The largest absolute Gasteiger partial charge is 0.481 e. The van der Waals surface area contributed by atoms with Gasteiger partial charge in [-0.25, -0.2) is 0 Å². The van der Waals surface area contributed by atoms with Crippen LogP contribution in [0.25, 0.3) is 0 Å². The van der Waals surface area contributed by atoms with E-state index in [0.717, 1.165) is 0 Å². The van der Waals surface area contributed by atoms with Gasteiger partial charge in [0.05, 0.1) is 12.0 Å². The molecule has 0 aromatic carbocycles. The van der Waals surface area contributed by atoms with Crippen molar-refractivity contribution in [3.05, 3.63) is 24.3 Å². The minimum Gasteiger partial charge on any atom is -0.481 e. The first-order chi connectivity index (χ1) is 9.29. The predicted molar refractivity (Wildman–Crippen MR) is 79.3 cm³/mol. The molecule has 114 valence electrons. The van der Waals surface area contributed by atoms with Gasteiger partial charge >= 0.3 is 5.97 Å². The Morgan fingerprint density at radius 3 is 2.20 bits per heavy atom. The summed E-state index contributed by atoms with van der Waals surface area (Å²) >= 11 is 0. The van der Waals surface area contributed by atoms with Gasteiger partial charge in [0.25, 0.3) is 0 Å². The Balaban J connectivity index is 4.29. The number of carboxylic acids is 1. The molecular formula is C16H26O4. The van der Waals surface area contributed by atoms with Crippen LogP contribution in [0, 0.1) is 17.8 Å². The maximum atomic E-state index is 11.8. The number of aliphatic carboxylic acids is 1. The summed E-state index contributed by atoms with van der Waals surface area (Å²) in [6.45, 7) is 7.17. The minimum absolute atomic E-state index is 0.0456. The fourth-order valence-corrected chi connectivity index (χ4v) is 1.80. The quantitative estimate of drug-likeness (QED) is 0.504. The van der Waals surface area contributed by atoms with Gasteiger partial charge in [0, 0.05) is 11.8 Å². The number of hydrogen-bond acceptors (Lipinski definition) is 3. The smallest absolute Gasteiger partial charge is 0.306 e. The molecular weight excluding hydrogens is 256 g/mol. The molecule has 0 aromatic heterocycles. The topological polar surface area (TPSA) is 74.6 Å². The van der Waals surface area contributed by atoms with Gasteiger partial charge in [-0.2, -0.15) is 0 Å². The van der Waals surface area contributed by atoms with Crippen LogP contribution in [0.3, 0.4) is 0 Å². The number of aliphatic hydroxyl groups is 1. The Labute approximate surface area is 121 Å². The van der Waals surface area contributed by atoms with Crippen molar-refractivity contribution in [3.8, 4) is 0 Å². The lowest BCUT2D eigenvalue weighted by molar-refractivity contribution is -0.141. The Kier molecular flexibility index (Phi) is 8.81. The zero-order valence-corrected chi connectivity index (χ0v) is 12.7. The molecule has 0 aliphatic rings.